The van der Waals surface area contributed by atoms with E-state index in [1.54, 1.807) is 0 Å². The van der Waals surface area contributed by atoms with Gasteiger partial charge in [0.2, 0.25) is 0 Å². The molecule has 2 atom stereocenters. The van der Waals surface area contributed by atoms with E-state index in [1.807, 2.05) is 13.8 Å². The maximum atomic E-state index is 11.9. The lowest BCUT2D eigenvalue weighted by Gasteiger charge is -2.22. The van der Waals surface area contributed by atoms with Crippen molar-refractivity contribution in [3.8, 4) is 0 Å². The first-order valence-corrected chi connectivity index (χ1v) is 13.4. The predicted molar refractivity (Wildman–Crippen MR) is 126 cm³/mol. The van der Waals surface area contributed by atoms with Crippen LogP contribution in [0.1, 0.15) is 137 Å². The smallest absolute Gasteiger partial charge is 0.191 e. The van der Waals surface area contributed by atoms with E-state index in [0.717, 1.165) is 18.6 Å². The van der Waals surface area contributed by atoms with Gasteiger partial charge in [-0.25, -0.2) is 9.78 Å². The molecule has 0 aromatic rings. The first kappa shape index (κ1) is 27.0. The van der Waals surface area contributed by atoms with Crippen molar-refractivity contribution >= 4 is 16.9 Å². The van der Waals surface area contributed by atoms with Crippen molar-refractivity contribution in [2.45, 2.75) is 148 Å². The van der Waals surface area contributed by atoms with Gasteiger partial charge in [0.1, 0.15) is 11.2 Å². The number of unbranched alkanes of at least 4 members (excludes halogenated alkanes) is 13. The molecule has 1 aliphatic heterocycles. The molecule has 0 bridgehead atoms. The number of hydrogen-bond acceptors (Lipinski definition) is 4. The third-order valence-corrected chi connectivity index (χ3v) is 6.83. The maximum absolute atomic E-state index is 11.9. The lowest BCUT2D eigenvalue weighted by atomic mass is 9.85. The summed E-state index contributed by atoms with van der Waals surface area (Å²) in [6.45, 7) is 8.44. The highest BCUT2D eigenvalue weighted by molar-refractivity contribution is 8.13. The Kier molecular flexibility index (Phi) is 14.6. The molecular formula is C25H48O3S. The van der Waals surface area contributed by atoms with Crippen molar-refractivity contribution in [2.75, 3.05) is 5.75 Å². The summed E-state index contributed by atoms with van der Waals surface area (Å²) in [6.07, 6.45) is 21.6. The van der Waals surface area contributed by atoms with E-state index < -0.39 is 5.60 Å². The van der Waals surface area contributed by atoms with Gasteiger partial charge in [0.05, 0.1) is 0 Å². The van der Waals surface area contributed by atoms with Gasteiger partial charge in [-0.15, -0.1) is 0 Å². The first-order valence-electron chi connectivity index (χ1n) is 12.5. The van der Waals surface area contributed by atoms with Gasteiger partial charge in [0.15, 0.2) is 5.12 Å². The molecule has 1 unspecified atom stereocenters. The topological polar surface area (TPSA) is 35.5 Å². The van der Waals surface area contributed by atoms with Crippen LogP contribution in [0.2, 0.25) is 0 Å². The summed E-state index contributed by atoms with van der Waals surface area (Å²) >= 11 is 1.38. The monoisotopic (exact) mass is 428 g/mol. The molecule has 29 heavy (non-hydrogen) atoms. The molecule has 0 amide bonds. The molecule has 4 heteroatoms. The van der Waals surface area contributed by atoms with Gasteiger partial charge in [-0.1, -0.05) is 116 Å². The lowest BCUT2D eigenvalue weighted by molar-refractivity contribution is -0.344. The van der Waals surface area contributed by atoms with Crippen LogP contribution in [-0.4, -0.2) is 22.1 Å². The van der Waals surface area contributed by atoms with Gasteiger partial charge in [-0.05, 0) is 26.0 Å². The summed E-state index contributed by atoms with van der Waals surface area (Å²) in [6, 6.07) is 0. The van der Waals surface area contributed by atoms with E-state index >= 15 is 0 Å². The average Bonchev–Trinajstić information content (AvgIpc) is 2.97. The molecule has 0 saturated carbocycles. The Bertz CT molecular complexity index is 428. The Morgan fingerprint density at radius 3 is 1.66 bits per heavy atom. The molecule has 0 aromatic carbocycles. The Morgan fingerprint density at radius 2 is 1.17 bits per heavy atom. The van der Waals surface area contributed by atoms with Crippen molar-refractivity contribution in [1.82, 2.24) is 0 Å². The molecular weight excluding hydrogens is 380 g/mol. The van der Waals surface area contributed by atoms with Crippen molar-refractivity contribution in [1.29, 1.82) is 0 Å². The average molecular weight is 429 g/mol. The van der Waals surface area contributed by atoms with Crippen molar-refractivity contribution < 1.29 is 14.6 Å². The van der Waals surface area contributed by atoms with Crippen LogP contribution in [0.3, 0.4) is 0 Å². The van der Waals surface area contributed by atoms with Crippen molar-refractivity contribution in [3.05, 3.63) is 0 Å². The van der Waals surface area contributed by atoms with E-state index in [1.165, 1.54) is 102 Å². The minimum absolute atomic E-state index is 0.208. The normalized spacial score (nSPS) is 24.3. The largest absolute Gasteiger partial charge is 0.287 e. The number of carbonyl (C=O) groups is 1. The van der Waals surface area contributed by atoms with Crippen LogP contribution in [0.15, 0.2) is 0 Å². The van der Waals surface area contributed by atoms with Gasteiger partial charge in [0, 0.05) is 12.8 Å². The minimum Gasteiger partial charge on any atom is -0.287 e. The fraction of sp³-hybridized carbons (Fsp3) is 0.960. The van der Waals surface area contributed by atoms with E-state index in [9.17, 15) is 4.79 Å². The van der Waals surface area contributed by atoms with Gasteiger partial charge >= 0.3 is 0 Å². The highest BCUT2D eigenvalue weighted by Crippen LogP contribution is 2.41. The van der Waals surface area contributed by atoms with Gasteiger partial charge in [-0.3, -0.25) is 4.79 Å². The fourth-order valence-electron chi connectivity index (χ4n) is 4.48. The molecule has 0 aliphatic carbocycles. The number of thioether (sulfide) groups is 1. The quantitative estimate of drug-likeness (QED) is 0.162. The van der Waals surface area contributed by atoms with Crippen LogP contribution in [-0.2, 0) is 14.6 Å². The third kappa shape index (κ3) is 13.1. The predicted octanol–water partition coefficient (Wildman–Crippen LogP) is 8.40. The molecule has 1 saturated heterocycles. The van der Waals surface area contributed by atoms with Crippen molar-refractivity contribution in [3.63, 3.8) is 0 Å². The molecule has 1 fully saturated rings. The number of carbonyl (C=O) groups excluding carboxylic acids is 1. The number of rotatable bonds is 18. The van der Waals surface area contributed by atoms with Crippen LogP contribution in [0.5, 0.6) is 0 Å². The molecule has 0 radical (unpaired) electrons. The maximum Gasteiger partial charge on any atom is 0.191 e. The Labute approximate surface area is 185 Å². The Hall–Kier alpha value is -0.0600. The molecule has 1 aliphatic rings. The van der Waals surface area contributed by atoms with Crippen LogP contribution in [0.25, 0.3) is 0 Å². The second-order valence-corrected chi connectivity index (χ2v) is 10.9. The standard InChI is InChI=1S/C25H48O3S/c1-5-7-8-9-10-11-12-13-14-15-16-17-18-19-20-24(3)22-25(4,28-27-24)21-23(26)29-6-2/h5-22H2,1-4H3/t24-,25?/m0/s1. The highest BCUT2D eigenvalue weighted by atomic mass is 32.2. The van der Waals surface area contributed by atoms with Gasteiger partial charge in [-0.2, -0.15) is 0 Å². The highest BCUT2D eigenvalue weighted by Gasteiger charge is 2.46. The summed E-state index contributed by atoms with van der Waals surface area (Å²) in [5, 5.41) is 0.208. The summed E-state index contributed by atoms with van der Waals surface area (Å²) in [4.78, 5) is 23.2. The van der Waals surface area contributed by atoms with Crippen molar-refractivity contribution in [2.24, 2.45) is 0 Å². The molecule has 0 spiro atoms. The number of hydrogen-bond donors (Lipinski definition) is 0. The van der Waals surface area contributed by atoms with Gasteiger partial charge in [0.25, 0.3) is 0 Å². The minimum atomic E-state index is -0.454. The summed E-state index contributed by atoms with van der Waals surface area (Å²) in [5.41, 5.74) is -0.687. The van der Waals surface area contributed by atoms with E-state index in [-0.39, 0.29) is 10.7 Å². The lowest BCUT2D eigenvalue weighted by Crippen LogP contribution is -2.30. The summed E-state index contributed by atoms with van der Waals surface area (Å²) in [5.74, 6) is 0.825. The second kappa shape index (κ2) is 15.7. The Balaban J connectivity index is 1.96. The van der Waals surface area contributed by atoms with Crippen LogP contribution >= 0.6 is 11.8 Å². The first-order chi connectivity index (χ1) is 13.9. The molecule has 3 nitrogen and oxygen atoms in total. The molecule has 1 rings (SSSR count). The zero-order chi connectivity index (χ0) is 21.4. The molecule has 0 N–H and O–H groups in total. The van der Waals surface area contributed by atoms with Crippen LogP contribution < -0.4 is 0 Å². The second-order valence-electron chi connectivity index (χ2n) is 9.57. The summed E-state index contributed by atoms with van der Waals surface area (Å²) in [7, 11) is 0. The van der Waals surface area contributed by atoms with E-state index in [2.05, 4.69) is 13.8 Å². The molecule has 172 valence electrons. The van der Waals surface area contributed by atoms with Gasteiger partial charge < -0.3 is 0 Å². The zero-order valence-electron chi connectivity index (χ0n) is 19.9. The van der Waals surface area contributed by atoms with Crippen LogP contribution in [0, 0.1) is 0 Å². The fourth-order valence-corrected chi connectivity index (χ4v) is 5.21. The van der Waals surface area contributed by atoms with Crippen LogP contribution in [0.4, 0.5) is 0 Å². The Morgan fingerprint density at radius 1 is 0.724 bits per heavy atom. The zero-order valence-corrected chi connectivity index (χ0v) is 20.7. The third-order valence-electron chi connectivity index (χ3n) is 6.07. The van der Waals surface area contributed by atoms with E-state index in [0.29, 0.717) is 6.42 Å². The SMILES string of the molecule is CCCCCCCCCCCCCCCC[C@@]1(C)CC(C)(CC(=O)SCC)OO1. The molecule has 0 aromatic heterocycles. The summed E-state index contributed by atoms with van der Waals surface area (Å²) < 4.78 is 0. The molecule has 1 heterocycles. The van der Waals surface area contributed by atoms with E-state index in [4.69, 9.17) is 9.78 Å².